The Balaban J connectivity index is 1.45. The van der Waals surface area contributed by atoms with Crippen LogP contribution in [0.4, 0.5) is 17.6 Å². The third-order valence-corrected chi connectivity index (χ3v) is 7.00. The van der Waals surface area contributed by atoms with Crippen LogP contribution in [0.3, 0.4) is 0 Å². The zero-order valence-electron chi connectivity index (χ0n) is 17.5. The van der Waals surface area contributed by atoms with Crippen molar-refractivity contribution in [3.8, 4) is 5.75 Å². The fourth-order valence-corrected chi connectivity index (χ4v) is 5.38. The van der Waals surface area contributed by atoms with Crippen molar-refractivity contribution in [2.75, 3.05) is 0 Å². The number of halogens is 4. The smallest absolute Gasteiger partial charge is 0.403 e. The quantitative estimate of drug-likeness (QED) is 0.316. The van der Waals surface area contributed by atoms with E-state index in [2.05, 4.69) is 17.4 Å². The van der Waals surface area contributed by atoms with Gasteiger partial charge in [-0.2, -0.15) is 0 Å². The summed E-state index contributed by atoms with van der Waals surface area (Å²) in [5, 5.41) is 0. The van der Waals surface area contributed by atoms with Crippen LogP contribution in [0, 0.1) is 23.6 Å². The Kier molecular flexibility index (Phi) is 8.01. The minimum absolute atomic E-state index is 0.226. The Morgan fingerprint density at radius 3 is 2.17 bits per heavy atom. The highest BCUT2D eigenvalue weighted by Crippen LogP contribution is 2.45. The summed E-state index contributed by atoms with van der Waals surface area (Å²) in [4.78, 5) is 0. The van der Waals surface area contributed by atoms with E-state index in [4.69, 9.17) is 0 Å². The Morgan fingerprint density at radius 1 is 0.967 bits per heavy atom. The second kappa shape index (κ2) is 10.5. The lowest BCUT2D eigenvalue weighted by Crippen LogP contribution is -2.25. The molecule has 0 bridgehead atoms. The Bertz CT molecular complexity index is 708. The molecule has 0 aromatic heterocycles. The molecule has 0 amide bonds. The number of hydrogen-bond acceptors (Lipinski definition) is 1. The summed E-state index contributed by atoms with van der Waals surface area (Å²) in [7, 11) is 0. The molecule has 1 aromatic rings. The van der Waals surface area contributed by atoms with E-state index in [0.717, 1.165) is 61.5 Å². The molecule has 1 aromatic carbocycles. The van der Waals surface area contributed by atoms with E-state index in [1.54, 1.807) is 6.07 Å². The highest BCUT2D eigenvalue weighted by molar-refractivity contribution is 5.31. The topological polar surface area (TPSA) is 9.23 Å². The molecule has 0 atom stereocenters. The molecule has 0 heterocycles. The van der Waals surface area contributed by atoms with Crippen LogP contribution in [-0.2, 0) is 0 Å². The summed E-state index contributed by atoms with van der Waals surface area (Å²) < 4.78 is 54.7. The van der Waals surface area contributed by atoms with Gasteiger partial charge in [-0.05, 0) is 92.7 Å². The number of benzene rings is 1. The summed E-state index contributed by atoms with van der Waals surface area (Å²) >= 11 is 0. The fraction of sp³-hybridized carbons (Fsp3) is 0.600. The summed E-state index contributed by atoms with van der Waals surface area (Å²) in [6.45, 7) is 3.70. The highest BCUT2D eigenvalue weighted by atomic mass is 19.4. The molecule has 0 radical (unpaired) electrons. The highest BCUT2D eigenvalue weighted by Gasteiger charge is 2.33. The third-order valence-electron chi connectivity index (χ3n) is 7.00. The van der Waals surface area contributed by atoms with Gasteiger partial charge in [-0.3, -0.25) is 0 Å². The van der Waals surface area contributed by atoms with Gasteiger partial charge >= 0.3 is 6.36 Å². The maximum absolute atomic E-state index is 14.0. The standard InChI is InChI=1S/C25H32F4O/c1-2-3-4-5-6-18-7-9-19(10-8-18)20-11-13-21(14-12-20)22-15-16-24(23(26)17-22)30-25(27,28)29/h2-4,15-21H,1,5-14H2/b4-3+. The van der Waals surface area contributed by atoms with E-state index in [1.165, 1.54) is 38.2 Å². The van der Waals surface area contributed by atoms with Gasteiger partial charge in [0.05, 0.1) is 0 Å². The van der Waals surface area contributed by atoms with Crippen LogP contribution in [0.5, 0.6) is 5.75 Å². The average molecular weight is 425 g/mol. The van der Waals surface area contributed by atoms with Crippen molar-refractivity contribution in [3.63, 3.8) is 0 Å². The van der Waals surface area contributed by atoms with Crippen LogP contribution in [-0.4, -0.2) is 6.36 Å². The lowest BCUT2D eigenvalue weighted by Gasteiger charge is -2.38. The van der Waals surface area contributed by atoms with Gasteiger partial charge in [0, 0.05) is 0 Å². The van der Waals surface area contributed by atoms with Crippen LogP contribution in [0.2, 0.25) is 0 Å². The number of ether oxygens (including phenoxy) is 1. The van der Waals surface area contributed by atoms with Crippen molar-refractivity contribution < 1.29 is 22.3 Å². The van der Waals surface area contributed by atoms with Crippen molar-refractivity contribution >= 4 is 0 Å². The van der Waals surface area contributed by atoms with Gasteiger partial charge in [-0.1, -0.05) is 43.7 Å². The zero-order chi connectivity index (χ0) is 21.6. The van der Waals surface area contributed by atoms with Crippen molar-refractivity contribution in [1.82, 2.24) is 0 Å². The predicted molar refractivity (Wildman–Crippen MR) is 112 cm³/mol. The molecule has 0 saturated heterocycles. The molecule has 0 N–H and O–H groups in total. The van der Waals surface area contributed by atoms with Crippen LogP contribution in [0.25, 0.3) is 0 Å². The van der Waals surface area contributed by atoms with Gasteiger partial charge in [0.15, 0.2) is 11.6 Å². The molecule has 2 fully saturated rings. The lowest BCUT2D eigenvalue weighted by atomic mass is 9.68. The minimum Gasteiger partial charge on any atom is -0.403 e. The van der Waals surface area contributed by atoms with E-state index in [9.17, 15) is 17.6 Å². The summed E-state index contributed by atoms with van der Waals surface area (Å²) in [6.07, 6.45) is 13.1. The SMILES string of the molecule is C=C/C=C/CCC1CCC(C2CCC(c3ccc(OC(F)(F)F)c(F)c3)CC2)CC1. The van der Waals surface area contributed by atoms with Crippen molar-refractivity contribution in [3.05, 3.63) is 54.4 Å². The second-order valence-electron chi connectivity index (χ2n) is 8.87. The minimum atomic E-state index is -4.87. The Labute approximate surface area is 177 Å². The molecule has 2 saturated carbocycles. The summed E-state index contributed by atoms with van der Waals surface area (Å²) in [5.74, 6) is 0.909. The largest absolute Gasteiger partial charge is 0.573 e. The maximum atomic E-state index is 14.0. The van der Waals surface area contributed by atoms with Gasteiger partial charge < -0.3 is 4.74 Å². The van der Waals surface area contributed by atoms with Gasteiger partial charge in [0.25, 0.3) is 0 Å². The predicted octanol–water partition coefficient (Wildman–Crippen LogP) is 8.33. The monoisotopic (exact) mass is 424 g/mol. The zero-order valence-corrected chi connectivity index (χ0v) is 17.5. The molecule has 0 unspecified atom stereocenters. The maximum Gasteiger partial charge on any atom is 0.573 e. The van der Waals surface area contributed by atoms with Gasteiger partial charge in [-0.15, -0.1) is 13.2 Å². The first kappa shape index (κ1) is 22.9. The molecular weight excluding hydrogens is 392 g/mol. The van der Waals surface area contributed by atoms with Crippen LogP contribution < -0.4 is 4.74 Å². The van der Waals surface area contributed by atoms with E-state index in [-0.39, 0.29) is 5.92 Å². The molecule has 0 spiro atoms. The first-order chi connectivity index (χ1) is 14.4. The van der Waals surface area contributed by atoms with Crippen LogP contribution in [0.1, 0.15) is 75.7 Å². The number of hydrogen-bond donors (Lipinski definition) is 0. The molecule has 1 nitrogen and oxygen atoms in total. The normalized spacial score (nSPS) is 27.9. The van der Waals surface area contributed by atoms with E-state index in [0.29, 0.717) is 0 Å². The average Bonchev–Trinajstić information content (AvgIpc) is 2.72. The first-order valence-corrected chi connectivity index (χ1v) is 11.2. The molecule has 30 heavy (non-hydrogen) atoms. The molecule has 166 valence electrons. The number of allylic oxidation sites excluding steroid dienone is 3. The Morgan fingerprint density at radius 2 is 1.60 bits per heavy atom. The molecule has 3 rings (SSSR count). The molecule has 2 aliphatic carbocycles. The lowest BCUT2D eigenvalue weighted by molar-refractivity contribution is -0.275. The fourth-order valence-electron chi connectivity index (χ4n) is 5.38. The van der Waals surface area contributed by atoms with Crippen molar-refractivity contribution in [2.45, 2.75) is 76.5 Å². The van der Waals surface area contributed by atoms with Crippen LogP contribution in [0.15, 0.2) is 43.0 Å². The number of rotatable bonds is 7. The molecule has 2 aliphatic rings. The summed E-state index contributed by atoms with van der Waals surface area (Å²) in [5.41, 5.74) is 0.789. The Hall–Kier alpha value is -1.78. The van der Waals surface area contributed by atoms with Crippen molar-refractivity contribution in [1.29, 1.82) is 0 Å². The second-order valence-corrected chi connectivity index (χ2v) is 8.87. The van der Waals surface area contributed by atoms with Gasteiger partial charge in [0.1, 0.15) is 0 Å². The van der Waals surface area contributed by atoms with Gasteiger partial charge in [-0.25, -0.2) is 4.39 Å². The first-order valence-electron chi connectivity index (χ1n) is 11.2. The molecule has 5 heteroatoms. The van der Waals surface area contributed by atoms with E-state index < -0.39 is 17.9 Å². The number of alkyl halides is 3. The third kappa shape index (κ3) is 6.61. The van der Waals surface area contributed by atoms with Gasteiger partial charge in [0.2, 0.25) is 0 Å². The van der Waals surface area contributed by atoms with E-state index >= 15 is 0 Å². The molecular formula is C25H32F4O. The molecule has 0 aliphatic heterocycles. The van der Waals surface area contributed by atoms with Crippen LogP contribution >= 0.6 is 0 Å². The van der Waals surface area contributed by atoms with Crippen molar-refractivity contribution in [2.24, 2.45) is 17.8 Å². The summed E-state index contributed by atoms with van der Waals surface area (Å²) in [6, 6.07) is 3.91. The van der Waals surface area contributed by atoms with E-state index in [1.807, 2.05) is 12.2 Å².